The lowest BCUT2D eigenvalue weighted by molar-refractivity contribution is -0.126. The third kappa shape index (κ3) is 6.53. The molecule has 4 rings (SSSR count). The Morgan fingerprint density at radius 1 is 0.868 bits per heavy atom. The molecule has 4 aromatic rings. The highest BCUT2D eigenvalue weighted by Gasteiger charge is 2.33. The van der Waals surface area contributed by atoms with Crippen LogP contribution in [0.15, 0.2) is 97.5 Å². The van der Waals surface area contributed by atoms with Crippen LogP contribution in [-0.2, 0) is 17.8 Å². The van der Waals surface area contributed by atoms with E-state index in [4.69, 9.17) is 9.47 Å². The monoisotopic (exact) mass is 510 g/mol. The van der Waals surface area contributed by atoms with Gasteiger partial charge in [0.05, 0.1) is 20.4 Å². The largest absolute Gasteiger partial charge is 0.493 e. The van der Waals surface area contributed by atoms with Crippen molar-refractivity contribution in [2.45, 2.75) is 19.0 Å². The van der Waals surface area contributed by atoms with Crippen LogP contribution in [0.4, 0.5) is 0 Å². The Morgan fingerprint density at radius 3 is 2.18 bits per heavy atom. The molecule has 0 saturated heterocycles. The Bertz CT molecular complexity index is 1330. The van der Waals surface area contributed by atoms with Gasteiger partial charge in [0.15, 0.2) is 11.5 Å². The second kappa shape index (κ2) is 13.0. The van der Waals surface area contributed by atoms with Crippen molar-refractivity contribution in [1.29, 1.82) is 0 Å². The number of benzene rings is 3. The zero-order valence-corrected chi connectivity index (χ0v) is 21.4. The molecule has 1 unspecified atom stereocenters. The Balaban J connectivity index is 1.74. The summed E-state index contributed by atoms with van der Waals surface area (Å²) in [6.07, 6.45) is 4.92. The first-order valence-corrected chi connectivity index (χ1v) is 12.2. The van der Waals surface area contributed by atoms with Crippen molar-refractivity contribution < 1.29 is 19.1 Å². The Hall–Kier alpha value is -4.72. The maximum absolute atomic E-state index is 13.8. The van der Waals surface area contributed by atoms with E-state index in [-0.39, 0.29) is 18.1 Å². The molecule has 1 atom stereocenters. The van der Waals surface area contributed by atoms with Gasteiger partial charge in [-0.3, -0.25) is 14.6 Å². The van der Waals surface area contributed by atoms with E-state index in [0.29, 0.717) is 30.0 Å². The molecular weight excluding hydrogens is 480 g/mol. The van der Waals surface area contributed by atoms with E-state index >= 15 is 0 Å². The summed E-state index contributed by atoms with van der Waals surface area (Å²) in [5, 5.41) is 3.01. The molecule has 1 N–H and O–H groups in total. The predicted molar refractivity (Wildman–Crippen MR) is 144 cm³/mol. The van der Waals surface area contributed by atoms with E-state index in [9.17, 15) is 9.59 Å². The molecule has 8 nitrogen and oxygen atoms in total. The molecular formula is C30H30N4O4. The third-order valence-electron chi connectivity index (χ3n) is 6.12. The lowest BCUT2D eigenvalue weighted by Crippen LogP contribution is -2.44. The molecule has 1 heterocycles. The lowest BCUT2D eigenvalue weighted by atomic mass is 10.0. The summed E-state index contributed by atoms with van der Waals surface area (Å²) >= 11 is 0. The number of hydrogen-bond donors (Lipinski definition) is 1. The molecule has 194 valence electrons. The molecule has 0 saturated carbocycles. The first-order valence-electron chi connectivity index (χ1n) is 12.2. The van der Waals surface area contributed by atoms with Gasteiger partial charge >= 0.3 is 0 Å². The van der Waals surface area contributed by atoms with Gasteiger partial charge in [-0.05, 0) is 35.2 Å². The highest BCUT2D eigenvalue weighted by molar-refractivity contribution is 5.96. The lowest BCUT2D eigenvalue weighted by Gasteiger charge is -2.31. The fourth-order valence-corrected chi connectivity index (χ4v) is 4.18. The normalized spacial score (nSPS) is 11.3. The Morgan fingerprint density at radius 2 is 1.55 bits per heavy atom. The van der Waals surface area contributed by atoms with Crippen molar-refractivity contribution in [3.05, 3.63) is 120 Å². The van der Waals surface area contributed by atoms with Crippen LogP contribution in [0, 0.1) is 0 Å². The zero-order valence-electron chi connectivity index (χ0n) is 21.4. The number of carbonyl (C=O) groups excluding carboxylic acids is 2. The van der Waals surface area contributed by atoms with Gasteiger partial charge in [0.1, 0.15) is 11.7 Å². The van der Waals surface area contributed by atoms with E-state index in [1.807, 2.05) is 60.7 Å². The molecule has 0 aliphatic rings. The van der Waals surface area contributed by atoms with Crippen LogP contribution < -0.4 is 14.8 Å². The maximum Gasteiger partial charge on any atom is 0.275 e. The maximum atomic E-state index is 13.8. The van der Waals surface area contributed by atoms with E-state index < -0.39 is 11.9 Å². The number of aromatic nitrogens is 2. The van der Waals surface area contributed by atoms with E-state index in [1.165, 1.54) is 25.7 Å². The van der Waals surface area contributed by atoms with E-state index in [0.717, 1.165) is 11.1 Å². The minimum atomic E-state index is -0.961. The number of carbonyl (C=O) groups is 2. The molecule has 1 aromatic heterocycles. The first kappa shape index (κ1) is 26.3. The summed E-state index contributed by atoms with van der Waals surface area (Å²) in [7, 11) is 3.08. The summed E-state index contributed by atoms with van der Waals surface area (Å²) in [6, 6.07) is 23.7. The van der Waals surface area contributed by atoms with Gasteiger partial charge in [-0.25, -0.2) is 4.98 Å². The second-order valence-corrected chi connectivity index (χ2v) is 8.55. The van der Waals surface area contributed by atoms with Gasteiger partial charge in [0, 0.05) is 25.5 Å². The molecule has 0 bridgehead atoms. The van der Waals surface area contributed by atoms with Crippen molar-refractivity contribution >= 4 is 11.8 Å². The molecule has 3 aromatic carbocycles. The average Bonchev–Trinajstić information content (AvgIpc) is 2.99. The molecule has 2 amide bonds. The molecule has 0 fully saturated rings. The first-order chi connectivity index (χ1) is 18.6. The van der Waals surface area contributed by atoms with Crippen LogP contribution >= 0.6 is 0 Å². The fraction of sp³-hybridized carbons (Fsp3) is 0.200. The highest BCUT2D eigenvalue weighted by Crippen LogP contribution is 2.33. The van der Waals surface area contributed by atoms with Crippen molar-refractivity contribution in [1.82, 2.24) is 20.2 Å². The predicted octanol–water partition coefficient (Wildman–Crippen LogP) is 4.24. The van der Waals surface area contributed by atoms with Crippen LogP contribution in [0.25, 0.3) is 0 Å². The van der Waals surface area contributed by atoms with E-state index in [1.54, 1.807) is 30.2 Å². The van der Waals surface area contributed by atoms with Crippen LogP contribution in [0.3, 0.4) is 0 Å². The second-order valence-electron chi connectivity index (χ2n) is 8.55. The molecule has 0 aliphatic carbocycles. The molecule has 0 spiro atoms. The van der Waals surface area contributed by atoms with Gasteiger partial charge in [-0.2, -0.15) is 0 Å². The topological polar surface area (TPSA) is 93.7 Å². The minimum absolute atomic E-state index is 0.155. The van der Waals surface area contributed by atoms with Crippen LogP contribution in [-0.4, -0.2) is 47.4 Å². The van der Waals surface area contributed by atoms with Crippen LogP contribution in [0.1, 0.15) is 33.2 Å². The van der Waals surface area contributed by atoms with Crippen molar-refractivity contribution in [3.63, 3.8) is 0 Å². The summed E-state index contributed by atoms with van der Waals surface area (Å²) in [5.74, 6) is 0.256. The summed E-state index contributed by atoms with van der Waals surface area (Å²) in [5.41, 5.74) is 2.73. The minimum Gasteiger partial charge on any atom is -0.493 e. The number of hydrogen-bond acceptors (Lipinski definition) is 6. The molecule has 0 radical (unpaired) electrons. The Kier molecular flexibility index (Phi) is 9.02. The zero-order chi connectivity index (χ0) is 26.7. The quantitative estimate of drug-likeness (QED) is 0.325. The van der Waals surface area contributed by atoms with Crippen molar-refractivity contribution in [3.8, 4) is 11.5 Å². The highest BCUT2D eigenvalue weighted by atomic mass is 16.5. The van der Waals surface area contributed by atoms with Crippen molar-refractivity contribution in [2.24, 2.45) is 0 Å². The smallest absolute Gasteiger partial charge is 0.275 e. The number of nitrogens with one attached hydrogen (secondary N) is 1. The fourth-order valence-electron chi connectivity index (χ4n) is 4.18. The standard InChI is InChI=1S/C30H30N4O4/c1-37-26-14-13-24(19-27(26)38-2)28(29(35)33-20-23-11-7-4-8-12-23)34(18-15-22-9-5-3-6-10-22)30(36)25-21-31-16-17-32-25/h3-14,16-17,19,21,28H,15,18,20H2,1-2H3,(H,33,35). The number of amides is 2. The molecule has 8 heteroatoms. The average molecular weight is 511 g/mol. The van der Waals surface area contributed by atoms with Gasteiger partial charge in [0.2, 0.25) is 5.91 Å². The Labute approximate surface area is 222 Å². The van der Waals surface area contributed by atoms with Crippen molar-refractivity contribution in [2.75, 3.05) is 20.8 Å². The van der Waals surface area contributed by atoms with Gasteiger partial charge in [-0.15, -0.1) is 0 Å². The third-order valence-corrected chi connectivity index (χ3v) is 6.12. The summed E-state index contributed by atoms with van der Waals surface area (Å²) < 4.78 is 10.9. The SMILES string of the molecule is COc1ccc(C(C(=O)NCc2ccccc2)N(CCc2ccccc2)C(=O)c2cnccn2)cc1OC. The molecule has 38 heavy (non-hydrogen) atoms. The number of ether oxygens (including phenoxy) is 2. The van der Waals surface area contributed by atoms with Gasteiger partial charge in [-0.1, -0.05) is 66.7 Å². The molecule has 0 aliphatic heterocycles. The van der Waals surface area contributed by atoms with E-state index in [2.05, 4.69) is 15.3 Å². The van der Waals surface area contributed by atoms with Crippen LogP contribution in [0.5, 0.6) is 11.5 Å². The summed E-state index contributed by atoms with van der Waals surface area (Å²) in [6.45, 7) is 0.590. The number of rotatable bonds is 11. The van der Waals surface area contributed by atoms with Gasteiger partial charge in [0.25, 0.3) is 5.91 Å². The summed E-state index contributed by atoms with van der Waals surface area (Å²) in [4.78, 5) is 37.5. The number of methoxy groups -OCH3 is 2. The number of nitrogens with zero attached hydrogens (tertiary/aromatic N) is 3. The van der Waals surface area contributed by atoms with Crippen LogP contribution in [0.2, 0.25) is 0 Å². The van der Waals surface area contributed by atoms with Gasteiger partial charge < -0.3 is 19.7 Å².